The van der Waals surface area contributed by atoms with Crippen molar-refractivity contribution >= 4 is 23.2 Å². The molecule has 0 aromatic carbocycles. The molecule has 0 amide bonds. The Morgan fingerprint density at radius 2 is 2.00 bits per heavy atom. The van der Waals surface area contributed by atoms with E-state index in [0.717, 1.165) is 86.7 Å². The molecule has 0 radical (unpaired) electrons. The van der Waals surface area contributed by atoms with Crippen LogP contribution in [0.15, 0.2) is 17.1 Å². The molecular weight excluding hydrogens is 350 g/mol. The van der Waals surface area contributed by atoms with Gasteiger partial charge in [0.1, 0.15) is 0 Å². The number of piperidine rings is 1. The molecule has 4 heterocycles. The lowest BCUT2D eigenvalue weighted by atomic mass is 9.77. The predicted molar refractivity (Wildman–Crippen MR) is 102 cm³/mol. The first kappa shape index (κ1) is 16.1. The summed E-state index contributed by atoms with van der Waals surface area (Å²) >= 11 is 6.07. The van der Waals surface area contributed by atoms with Gasteiger partial charge in [-0.15, -0.1) is 0 Å². The molecule has 3 aliphatic rings. The molecule has 26 heavy (non-hydrogen) atoms. The maximum Gasteiger partial charge on any atom is 0.255 e. The molecule has 1 fully saturated rings. The third-order valence-electron chi connectivity index (χ3n) is 6.17. The van der Waals surface area contributed by atoms with E-state index in [2.05, 4.69) is 20.2 Å². The summed E-state index contributed by atoms with van der Waals surface area (Å²) in [5.74, 6) is 0.737. The smallest absolute Gasteiger partial charge is 0.255 e. The first-order valence-corrected chi connectivity index (χ1v) is 9.79. The van der Waals surface area contributed by atoms with Crippen LogP contribution in [0.1, 0.15) is 42.6 Å². The SMILES string of the molecule is O=c1[nH]c(N2CCC3(CC2)CNc2cc(Cl)cnc23)nc2c1CCCC2. The normalized spacial score (nSPS) is 20.6. The number of aromatic amines is 1. The van der Waals surface area contributed by atoms with E-state index in [1.54, 1.807) is 6.20 Å². The number of pyridine rings is 1. The van der Waals surface area contributed by atoms with Crippen LogP contribution in [0, 0.1) is 0 Å². The lowest BCUT2D eigenvalue weighted by molar-refractivity contribution is 0.351. The van der Waals surface area contributed by atoms with Gasteiger partial charge in [0.2, 0.25) is 5.95 Å². The number of fused-ring (bicyclic) bond motifs is 3. The standard InChI is InChI=1S/C19H22ClN5O/c20-12-9-15-16(21-10-12)19(11-22-15)5-7-25(8-6-19)18-23-14-4-2-1-3-13(14)17(26)24-18/h9-10,22H,1-8,11H2,(H,23,24,26). The highest BCUT2D eigenvalue weighted by atomic mass is 35.5. The number of hydrogen-bond acceptors (Lipinski definition) is 5. The molecule has 2 aromatic rings. The van der Waals surface area contributed by atoms with Crippen LogP contribution in [0.2, 0.25) is 5.02 Å². The Balaban J connectivity index is 1.39. The van der Waals surface area contributed by atoms with E-state index >= 15 is 0 Å². The van der Waals surface area contributed by atoms with Crippen LogP contribution in [0.5, 0.6) is 0 Å². The van der Waals surface area contributed by atoms with Crippen LogP contribution >= 0.6 is 11.6 Å². The summed E-state index contributed by atoms with van der Waals surface area (Å²) in [5, 5.41) is 4.14. The van der Waals surface area contributed by atoms with Gasteiger partial charge in [0.05, 0.1) is 22.1 Å². The Morgan fingerprint density at radius 1 is 1.19 bits per heavy atom. The van der Waals surface area contributed by atoms with Crippen LogP contribution in [0.4, 0.5) is 11.6 Å². The quantitative estimate of drug-likeness (QED) is 0.806. The minimum Gasteiger partial charge on any atom is -0.383 e. The molecule has 1 aliphatic carbocycles. The average molecular weight is 372 g/mol. The van der Waals surface area contributed by atoms with Gasteiger partial charge < -0.3 is 10.2 Å². The molecule has 0 unspecified atom stereocenters. The maximum atomic E-state index is 12.4. The molecule has 6 nitrogen and oxygen atoms in total. The summed E-state index contributed by atoms with van der Waals surface area (Å²) < 4.78 is 0. The number of aryl methyl sites for hydroxylation is 1. The van der Waals surface area contributed by atoms with E-state index < -0.39 is 0 Å². The third-order valence-corrected chi connectivity index (χ3v) is 6.38. The van der Waals surface area contributed by atoms with Crippen molar-refractivity contribution in [1.29, 1.82) is 0 Å². The van der Waals surface area contributed by atoms with E-state index in [9.17, 15) is 4.79 Å². The van der Waals surface area contributed by atoms with E-state index in [4.69, 9.17) is 16.6 Å². The molecule has 1 spiro atoms. The van der Waals surface area contributed by atoms with Crippen molar-refractivity contribution in [2.75, 3.05) is 29.9 Å². The number of nitrogens with one attached hydrogen (secondary N) is 2. The van der Waals surface area contributed by atoms with Crippen LogP contribution in [0.3, 0.4) is 0 Å². The van der Waals surface area contributed by atoms with Crippen molar-refractivity contribution in [2.24, 2.45) is 0 Å². The monoisotopic (exact) mass is 371 g/mol. The molecule has 0 saturated carbocycles. The minimum atomic E-state index is 0.0502. The van der Waals surface area contributed by atoms with Crippen molar-refractivity contribution in [1.82, 2.24) is 15.0 Å². The number of rotatable bonds is 1. The molecule has 7 heteroatoms. The maximum absolute atomic E-state index is 12.4. The Bertz CT molecular complexity index is 917. The fraction of sp³-hybridized carbons (Fsp3) is 0.526. The second-order valence-electron chi connectivity index (χ2n) is 7.69. The summed E-state index contributed by atoms with van der Waals surface area (Å²) in [7, 11) is 0. The molecule has 1 saturated heterocycles. The molecule has 2 aromatic heterocycles. The molecule has 5 rings (SSSR count). The number of aromatic nitrogens is 3. The zero-order chi connectivity index (χ0) is 17.7. The van der Waals surface area contributed by atoms with Crippen molar-refractivity contribution in [2.45, 2.75) is 43.9 Å². The molecule has 136 valence electrons. The lowest BCUT2D eigenvalue weighted by Gasteiger charge is -2.39. The van der Waals surface area contributed by atoms with Gasteiger partial charge in [0.15, 0.2) is 0 Å². The first-order chi connectivity index (χ1) is 12.6. The summed E-state index contributed by atoms with van der Waals surface area (Å²) in [6.45, 7) is 2.64. The van der Waals surface area contributed by atoms with Gasteiger partial charge in [-0.3, -0.25) is 14.8 Å². The Morgan fingerprint density at radius 3 is 2.85 bits per heavy atom. The minimum absolute atomic E-state index is 0.0502. The number of anilines is 2. The van der Waals surface area contributed by atoms with Crippen LogP contribution in [-0.4, -0.2) is 34.6 Å². The summed E-state index contributed by atoms with van der Waals surface area (Å²) in [4.78, 5) is 27.1. The highest BCUT2D eigenvalue weighted by Gasteiger charge is 2.43. The van der Waals surface area contributed by atoms with Crippen molar-refractivity contribution in [3.8, 4) is 0 Å². The lowest BCUT2D eigenvalue weighted by Crippen LogP contribution is -2.45. The third kappa shape index (κ3) is 2.50. The highest BCUT2D eigenvalue weighted by Crippen LogP contribution is 2.43. The van der Waals surface area contributed by atoms with Crippen LogP contribution < -0.4 is 15.8 Å². The summed E-state index contributed by atoms with van der Waals surface area (Å²) in [6.07, 6.45) is 7.72. The van der Waals surface area contributed by atoms with E-state index in [0.29, 0.717) is 5.02 Å². The fourth-order valence-electron chi connectivity index (χ4n) is 4.64. The Kier molecular flexibility index (Phi) is 3.71. The number of halogens is 1. The Hall–Kier alpha value is -2.08. The van der Waals surface area contributed by atoms with Gasteiger partial charge >= 0.3 is 0 Å². The van der Waals surface area contributed by atoms with Crippen LogP contribution in [-0.2, 0) is 18.3 Å². The van der Waals surface area contributed by atoms with Gasteiger partial charge in [-0.25, -0.2) is 4.98 Å². The second-order valence-corrected chi connectivity index (χ2v) is 8.13. The number of hydrogen-bond donors (Lipinski definition) is 2. The van der Waals surface area contributed by atoms with Gasteiger partial charge in [0, 0.05) is 36.8 Å². The van der Waals surface area contributed by atoms with E-state index in [1.807, 2.05) is 6.07 Å². The molecule has 0 atom stereocenters. The van der Waals surface area contributed by atoms with Crippen molar-refractivity contribution in [3.05, 3.63) is 44.6 Å². The van der Waals surface area contributed by atoms with Gasteiger partial charge in [-0.05, 0) is 44.6 Å². The molecule has 2 N–H and O–H groups in total. The average Bonchev–Trinajstić information content (AvgIpc) is 3.00. The summed E-state index contributed by atoms with van der Waals surface area (Å²) in [6, 6.07) is 1.97. The number of nitrogens with zero attached hydrogens (tertiary/aromatic N) is 3. The van der Waals surface area contributed by atoms with Crippen LogP contribution in [0.25, 0.3) is 0 Å². The zero-order valence-electron chi connectivity index (χ0n) is 14.6. The van der Waals surface area contributed by atoms with Crippen molar-refractivity contribution < 1.29 is 0 Å². The van der Waals surface area contributed by atoms with E-state index in [-0.39, 0.29) is 11.0 Å². The number of H-pyrrole nitrogens is 1. The largest absolute Gasteiger partial charge is 0.383 e. The zero-order valence-corrected chi connectivity index (χ0v) is 15.4. The molecule has 2 aliphatic heterocycles. The predicted octanol–water partition coefficient (Wildman–Crippen LogP) is 2.66. The topological polar surface area (TPSA) is 73.9 Å². The van der Waals surface area contributed by atoms with Gasteiger partial charge in [0.25, 0.3) is 5.56 Å². The first-order valence-electron chi connectivity index (χ1n) is 9.42. The van der Waals surface area contributed by atoms with Gasteiger partial charge in [-0.2, -0.15) is 0 Å². The van der Waals surface area contributed by atoms with E-state index in [1.165, 1.54) is 0 Å². The van der Waals surface area contributed by atoms with Gasteiger partial charge in [-0.1, -0.05) is 11.6 Å². The fourth-order valence-corrected chi connectivity index (χ4v) is 4.80. The molecular formula is C19H22ClN5O. The molecule has 0 bridgehead atoms. The second kappa shape index (κ2) is 5.98. The Labute approximate surface area is 157 Å². The highest BCUT2D eigenvalue weighted by molar-refractivity contribution is 6.30. The summed E-state index contributed by atoms with van der Waals surface area (Å²) in [5.41, 5.74) is 4.20. The van der Waals surface area contributed by atoms with Crippen molar-refractivity contribution in [3.63, 3.8) is 0 Å².